The number of aryl methyl sites for hydroxylation is 1. The summed E-state index contributed by atoms with van der Waals surface area (Å²) in [6.45, 7) is 1.45. The highest BCUT2D eigenvalue weighted by molar-refractivity contribution is 7.99. The van der Waals surface area contributed by atoms with Crippen molar-refractivity contribution >= 4 is 29.2 Å². The summed E-state index contributed by atoms with van der Waals surface area (Å²) in [4.78, 5) is 20.9. The van der Waals surface area contributed by atoms with E-state index in [0.717, 1.165) is 34.1 Å². The largest absolute Gasteiger partial charge is 0.337 e. The Morgan fingerprint density at radius 2 is 1.72 bits per heavy atom. The number of imidazole rings is 1. The van der Waals surface area contributed by atoms with Crippen LogP contribution in [0.3, 0.4) is 0 Å². The van der Waals surface area contributed by atoms with Crippen LogP contribution in [0.2, 0.25) is 0 Å². The molecule has 0 spiro atoms. The molecule has 2 heterocycles. The molecule has 0 atom stereocenters. The second-order valence-electron chi connectivity index (χ2n) is 5.76. The van der Waals surface area contributed by atoms with Crippen molar-refractivity contribution < 1.29 is 4.79 Å². The molecule has 2 amide bonds. The standard InChI is InChI=1S/C19H18N4OS/c24-19(21-10-5-12-22-13-11-20-14-22)23-15-6-1-3-8-17(15)25-18-9-4-2-7-16(18)23/h1-4,6-9,11,13-14H,5,10,12H2,(H,21,24). The van der Waals surface area contributed by atoms with Crippen LogP contribution in [0, 0.1) is 0 Å². The molecule has 4 rings (SSSR count). The van der Waals surface area contributed by atoms with Crippen LogP contribution in [-0.4, -0.2) is 22.1 Å². The number of aromatic nitrogens is 2. The lowest BCUT2D eigenvalue weighted by Gasteiger charge is -2.31. The number of urea groups is 1. The van der Waals surface area contributed by atoms with Crippen molar-refractivity contribution in [1.82, 2.24) is 14.9 Å². The van der Waals surface area contributed by atoms with Crippen LogP contribution in [0.25, 0.3) is 0 Å². The predicted octanol–water partition coefficient (Wildman–Crippen LogP) is 4.29. The van der Waals surface area contributed by atoms with Gasteiger partial charge in [0, 0.05) is 35.3 Å². The van der Waals surface area contributed by atoms with Gasteiger partial charge in [-0.1, -0.05) is 36.0 Å². The van der Waals surface area contributed by atoms with Gasteiger partial charge in [-0.15, -0.1) is 0 Å². The van der Waals surface area contributed by atoms with Crippen LogP contribution in [0.4, 0.5) is 16.2 Å². The number of benzene rings is 2. The molecule has 0 saturated carbocycles. The molecule has 126 valence electrons. The third-order valence-electron chi connectivity index (χ3n) is 4.06. The van der Waals surface area contributed by atoms with Crippen molar-refractivity contribution in [2.45, 2.75) is 22.8 Å². The van der Waals surface area contributed by atoms with E-state index < -0.39 is 0 Å². The SMILES string of the molecule is O=C(NCCCn1ccnc1)N1c2ccccc2Sc2ccccc21. The van der Waals surface area contributed by atoms with E-state index in [2.05, 4.69) is 22.4 Å². The molecule has 0 radical (unpaired) electrons. The summed E-state index contributed by atoms with van der Waals surface area (Å²) >= 11 is 1.70. The fraction of sp³-hybridized carbons (Fsp3) is 0.158. The average molecular weight is 350 g/mol. The maximum Gasteiger partial charge on any atom is 0.326 e. The number of amides is 2. The molecule has 2 aromatic carbocycles. The zero-order valence-corrected chi connectivity index (χ0v) is 14.4. The molecule has 3 aromatic rings. The Bertz CT molecular complexity index is 833. The number of anilines is 2. The smallest absolute Gasteiger partial charge is 0.326 e. The predicted molar refractivity (Wildman–Crippen MR) is 99.4 cm³/mol. The first-order valence-electron chi connectivity index (χ1n) is 8.22. The van der Waals surface area contributed by atoms with Crippen LogP contribution < -0.4 is 10.2 Å². The topological polar surface area (TPSA) is 50.2 Å². The molecule has 0 unspecified atom stereocenters. The van der Waals surface area contributed by atoms with Crippen molar-refractivity contribution in [3.63, 3.8) is 0 Å². The van der Waals surface area contributed by atoms with Gasteiger partial charge in [-0.25, -0.2) is 9.78 Å². The van der Waals surface area contributed by atoms with Gasteiger partial charge in [-0.3, -0.25) is 4.90 Å². The molecule has 0 saturated heterocycles. The van der Waals surface area contributed by atoms with Gasteiger partial charge in [0.2, 0.25) is 0 Å². The molecule has 25 heavy (non-hydrogen) atoms. The fourth-order valence-corrected chi connectivity index (χ4v) is 3.94. The number of carbonyl (C=O) groups is 1. The van der Waals surface area contributed by atoms with E-state index >= 15 is 0 Å². The van der Waals surface area contributed by atoms with E-state index in [9.17, 15) is 4.79 Å². The average Bonchev–Trinajstić information content (AvgIpc) is 3.16. The summed E-state index contributed by atoms with van der Waals surface area (Å²) in [6, 6.07) is 15.9. The molecule has 1 aliphatic heterocycles. The lowest BCUT2D eigenvalue weighted by Crippen LogP contribution is -2.38. The molecule has 0 fully saturated rings. The van der Waals surface area contributed by atoms with E-state index in [1.54, 1.807) is 29.2 Å². The maximum atomic E-state index is 12.9. The zero-order chi connectivity index (χ0) is 17.1. The number of hydrogen-bond donors (Lipinski definition) is 1. The van der Waals surface area contributed by atoms with Crippen LogP contribution >= 0.6 is 11.8 Å². The molecular weight excluding hydrogens is 332 g/mol. The Morgan fingerprint density at radius 3 is 2.36 bits per heavy atom. The highest BCUT2D eigenvalue weighted by Crippen LogP contribution is 2.47. The zero-order valence-electron chi connectivity index (χ0n) is 13.6. The van der Waals surface area contributed by atoms with Crippen molar-refractivity contribution in [3.8, 4) is 0 Å². The highest BCUT2D eigenvalue weighted by atomic mass is 32.2. The first-order valence-corrected chi connectivity index (χ1v) is 9.04. The monoisotopic (exact) mass is 350 g/mol. The molecule has 5 nitrogen and oxygen atoms in total. The van der Waals surface area contributed by atoms with Crippen molar-refractivity contribution in [2.75, 3.05) is 11.4 Å². The summed E-state index contributed by atoms with van der Waals surface area (Å²) in [6.07, 6.45) is 6.33. The van der Waals surface area contributed by atoms with Gasteiger partial charge < -0.3 is 9.88 Å². The second kappa shape index (κ2) is 7.03. The fourth-order valence-electron chi connectivity index (χ4n) is 2.88. The lowest BCUT2D eigenvalue weighted by atomic mass is 10.2. The summed E-state index contributed by atoms with van der Waals surface area (Å²) in [5.41, 5.74) is 1.86. The number of nitrogens with zero attached hydrogens (tertiary/aromatic N) is 3. The first-order chi connectivity index (χ1) is 12.3. The van der Waals surface area contributed by atoms with Crippen LogP contribution in [0.1, 0.15) is 6.42 Å². The molecule has 0 bridgehead atoms. The number of carbonyl (C=O) groups excluding carboxylic acids is 1. The molecule has 1 aromatic heterocycles. The van der Waals surface area contributed by atoms with E-state index in [-0.39, 0.29) is 6.03 Å². The van der Waals surface area contributed by atoms with Crippen LogP contribution in [0.15, 0.2) is 77.0 Å². The van der Waals surface area contributed by atoms with Crippen LogP contribution in [-0.2, 0) is 6.54 Å². The Labute approximate surface area is 150 Å². The lowest BCUT2D eigenvalue weighted by molar-refractivity contribution is 0.248. The van der Waals surface area contributed by atoms with Crippen molar-refractivity contribution in [2.24, 2.45) is 0 Å². The first kappa shape index (κ1) is 15.8. The Morgan fingerprint density at radius 1 is 1.04 bits per heavy atom. The van der Waals surface area contributed by atoms with Gasteiger partial charge in [0.1, 0.15) is 0 Å². The van der Waals surface area contributed by atoms with Gasteiger partial charge >= 0.3 is 6.03 Å². The number of para-hydroxylation sites is 2. The minimum atomic E-state index is -0.0918. The molecule has 1 N–H and O–H groups in total. The van der Waals surface area contributed by atoms with E-state index in [1.165, 1.54) is 0 Å². The normalized spacial score (nSPS) is 12.4. The van der Waals surface area contributed by atoms with Gasteiger partial charge in [-0.2, -0.15) is 0 Å². The maximum absolute atomic E-state index is 12.9. The van der Waals surface area contributed by atoms with Gasteiger partial charge in [0.25, 0.3) is 0 Å². The molecular formula is C19H18N4OS. The van der Waals surface area contributed by atoms with Gasteiger partial charge in [0.05, 0.1) is 17.7 Å². The Kier molecular flexibility index (Phi) is 4.43. The van der Waals surface area contributed by atoms with Gasteiger partial charge in [-0.05, 0) is 30.7 Å². The van der Waals surface area contributed by atoms with Crippen molar-refractivity contribution in [1.29, 1.82) is 0 Å². The third kappa shape index (κ3) is 3.25. The summed E-state index contributed by atoms with van der Waals surface area (Å²) in [7, 11) is 0. The van der Waals surface area contributed by atoms with Gasteiger partial charge in [0.15, 0.2) is 0 Å². The summed E-state index contributed by atoms with van der Waals surface area (Å²) < 4.78 is 2.01. The number of rotatable bonds is 4. The molecule has 0 aliphatic carbocycles. The summed E-state index contributed by atoms with van der Waals surface area (Å²) in [5, 5.41) is 3.04. The second-order valence-corrected chi connectivity index (χ2v) is 6.84. The third-order valence-corrected chi connectivity index (χ3v) is 5.19. The van der Waals surface area contributed by atoms with E-state index in [4.69, 9.17) is 0 Å². The summed E-state index contributed by atoms with van der Waals surface area (Å²) in [5.74, 6) is 0. The van der Waals surface area contributed by atoms with E-state index in [0.29, 0.717) is 6.54 Å². The number of nitrogens with one attached hydrogen (secondary N) is 1. The Hall–Kier alpha value is -2.73. The quantitative estimate of drug-likeness (QED) is 0.714. The minimum Gasteiger partial charge on any atom is -0.337 e. The van der Waals surface area contributed by atoms with Crippen LogP contribution in [0.5, 0.6) is 0 Å². The van der Waals surface area contributed by atoms with Crippen molar-refractivity contribution in [3.05, 3.63) is 67.3 Å². The number of fused-ring (bicyclic) bond motifs is 2. The minimum absolute atomic E-state index is 0.0918. The highest BCUT2D eigenvalue weighted by Gasteiger charge is 2.27. The molecule has 1 aliphatic rings. The number of hydrogen-bond acceptors (Lipinski definition) is 3. The van der Waals surface area contributed by atoms with E-state index in [1.807, 2.05) is 47.2 Å². The Balaban J connectivity index is 1.50. The molecule has 6 heteroatoms.